The number of aromatic nitrogens is 3. The molecule has 1 N–H and O–H groups in total. The van der Waals surface area contributed by atoms with E-state index in [9.17, 15) is 9.59 Å². The van der Waals surface area contributed by atoms with Gasteiger partial charge in [0, 0.05) is 12.0 Å². The first-order valence-electron chi connectivity index (χ1n) is 9.63. The molecule has 3 aromatic rings. The van der Waals surface area contributed by atoms with Crippen molar-refractivity contribution in [3.8, 4) is 5.82 Å². The van der Waals surface area contributed by atoms with Gasteiger partial charge in [-0.15, -0.1) is 0 Å². The van der Waals surface area contributed by atoms with Gasteiger partial charge in [0.25, 0.3) is 5.91 Å². The highest BCUT2D eigenvalue weighted by Crippen LogP contribution is 2.25. The number of hydrogen-bond acceptors (Lipinski definition) is 6. The lowest BCUT2D eigenvalue weighted by atomic mass is 10.1. The third-order valence-corrected chi connectivity index (χ3v) is 4.85. The van der Waals surface area contributed by atoms with Crippen LogP contribution in [0.2, 0.25) is 0 Å². The Morgan fingerprint density at radius 3 is 2.93 bits per heavy atom. The van der Waals surface area contributed by atoms with E-state index in [1.165, 1.54) is 10.9 Å². The lowest BCUT2D eigenvalue weighted by Crippen LogP contribution is -2.29. The number of nitrogens with one attached hydrogen (secondary N) is 1. The maximum Gasteiger partial charge on any atom is 0.343 e. The van der Waals surface area contributed by atoms with Gasteiger partial charge in [-0.05, 0) is 44.4 Å². The fraction of sp³-hybridized carbons (Fsp3) is 0.333. The van der Waals surface area contributed by atoms with Crippen LogP contribution in [0.3, 0.4) is 0 Å². The minimum Gasteiger partial charge on any atom is -0.462 e. The van der Waals surface area contributed by atoms with Crippen molar-refractivity contribution >= 4 is 28.6 Å². The topological polar surface area (TPSA) is 95.3 Å². The largest absolute Gasteiger partial charge is 0.462 e. The van der Waals surface area contributed by atoms with Crippen LogP contribution in [0.1, 0.15) is 35.7 Å². The maximum absolute atomic E-state index is 12.7. The molecule has 8 nitrogen and oxygen atoms in total. The zero-order chi connectivity index (χ0) is 20.4. The Hall–Kier alpha value is -3.26. The molecule has 29 heavy (non-hydrogen) atoms. The van der Waals surface area contributed by atoms with Crippen LogP contribution in [0.15, 0.2) is 36.5 Å². The number of rotatable bonds is 5. The van der Waals surface area contributed by atoms with Gasteiger partial charge >= 0.3 is 5.97 Å². The minimum absolute atomic E-state index is 0.172. The van der Waals surface area contributed by atoms with Gasteiger partial charge in [0.15, 0.2) is 11.6 Å². The average molecular weight is 394 g/mol. The third kappa shape index (κ3) is 3.71. The molecular formula is C21H22N4O4. The summed E-state index contributed by atoms with van der Waals surface area (Å²) in [5.41, 5.74) is 1.98. The Labute approximate surface area is 167 Å². The van der Waals surface area contributed by atoms with Crippen LogP contribution in [0.4, 0.5) is 5.82 Å². The van der Waals surface area contributed by atoms with Crippen LogP contribution >= 0.6 is 0 Å². The van der Waals surface area contributed by atoms with Gasteiger partial charge in [0.1, 0.15) is 11.7 Å². The Kier molecular flexibility index (Phi) is 5.26. The molecule has 1 fully saturated rings. The van der Waals surface area contributed by atoms with E-state index in [1.807, 2.05) is 37.3 Å². The average Bonchev–Trinajstić information content (AvgIpc) is 3.38. The minimum atomic E-state index is -0.557. The molecule has 0 saturated carbocycles. The van der Waals surface area contributed by atoms with E-state index in [2.05, 4.69) is 15.4 Å². The molecule has 1 unspecified atom stereocenters. The first-order chi connectivity index (χ1) is 14.1. The molecule has 1 aliphatic heterocycles. The predicted molar refractivity (Wildman–Crippen MR) is 107 cm³/mol. The Morgan fingerprint density at radius 2 is 2.17 bits per heavy atom. The highest BCUT2D eigenvalue weighted by Gasteiger charge is 2.28. The second kappa shape index (κ2) is 8.00. The number of aryl methyl sites for hydroxylation is 1. The number of fused-ring (bicyclic) bond motifs is 1. The van der Waals surface area contributed by atoms with Gasteiger partial charge in [-0.3, -0.25) is 4.79 Å². The molecule has 1 atom stereocenters. The molecule has 1 aliphatic rings. The van der Waals surface area contributed by atoms with Crippen molar-refractivity contribution in [1.29, 1.82) is 0 Å². The number of ether oxygens (including phenoxy) is 2. The Balaban J connectivity index is 1.78. The highest BCUT2D eigenvalue weighted by atomic mass is 16.5. The van der Waals surface area contributed by atoms with Crippen molar-refractivity contribution in [3.05, 3.63) is 47.7 Å². The Morgan fingerprint density at radius 1 is 1.34 bits per heavy atom. The standard InChI is InChI=1S/C21H22N4O4/c1-3-28-21(27)15-12-22-25(19(15)24-20(26)17-9-6-10-29-17)18-11-13(2)14-7-4-5-8-16(14)23-18/h4-5,7-8,11-12,17H,3,6,9-10H2,1-2H3,(H,24,26). The maximum atomic E-state index is 12.7. The molecule has 1 amide bonds. The summed E-state index contributed by atoms with van der Waals surface area (Å²) in [4.78, 5) is 29.7. The number of carbonyl (C=O) groups excluding carboxylic acids is 2. The number of esters is 1. The van der Waals surface area contributed by atoms with Crippen LogP contribution in [0.5, 0.6) is 0 Å². The van der Waals surface area contributed by atoms with Crippen molar-refractivity contribution < 1.29 is 19.1 Å². The highest BCUT2D eigenvalue weighted by molar-refractivity contribution is 6.02. The van der Waals surface area contributed by atoms with Crippen LogP contribution < -0.4 is 5.32 Å². The molecule has 1 saturated heterocycles. The number of pyridine rings is 1. The van der Waals surface area contributed by atoms with Gasteiger partial charge in [-0.2, -0.15) is 9.78 Å². The van der Waals surface area contributed by atoms with E-state index in [1.54, 1.807) is 6.92 Å². The molecule has 0 spiro atoms. The molecule has 150 valence electrons. The first-order valence-corrected chi connectivity index (χ1v) is 9.63. The van der Waals surface area contributed by atoms with Gasteiger partial charge in [-0.25, -0.2) is 9.78 Å². The lowest BCUT2D eigenvalue weighted by Gasteiger charge is -2.14. The summed E-state index contributed by atoms with van der Waals surface area (Å²) >= 11 is 0. The zero-order valence-corrected chi connectivity index (χ0v) is 16.3. The number of amides is 1. The molecular weight excluding hydrogens is 372 g/mol. The zero-order valence-electron chi connectivity index (χ0n) is 16.3. The van der Waals surface area contributed by atoms with Crippen molar-refractivity contribution in [2.45, 2.75) is 32.8 Å². The van der Waals surface area contributed by atoms with Gasteiger partial charge in [0.2, 0.25) is 0 Å². The number of hydrogen-bond donors (Lipinski definition) is 1. The second-order valence-electron chi connectivity index (χ2n) is 6.84. The summed E-state index contributed by atoms with van der Waals surface area (Å²) in [7, 11) is 0. The number of anilines is 1. The van der Waals surface area contributed by atoms with Crippen LogP contribution in [0.25, 0.3) is 16.7 Å². The number of para-hydroxylation sites is 1. The number of carbonyl (C=O) groups is 2. The monoisotopic (exact) mass is 394 g/mol. The smallest absolute Gasteiger partial charge is 0.343 e. The van der Waals surface area contributed by atoms with Crippen LogP contribution in [0, 0.1) is 6.92 Å². The van der Waals surface area contributed by atoms with E-state index < -0.39 is 12.1 Å². The van der Waals surface area contributed by atoms with Gasteiger partial charge in [-0.1, -0.05) is 18.2 Å². The van der Waals surface area contributed by atoms with Crippen molar-refractivity contribution in [3.63, 3.8) is 0 Å². The molecule has 1 aromatic carbocycles. The number of nitrogens with zero attached hydrogens (tertiary/aromatic N) is 3. The molecule has 0 aliphatic carbocycles. The summed E-state index contributed by atoms with van der Waals surface area (Å²) in [6.45, 7) is 4.47. The summed E-state index contributed by atoms with van der Waals surface area (Å²) < 4.78 is 12.0. The van der Waals surface area contributed by atoms with Crippen molar-refractivity contribution in [2.24, 2.45) is 0 Å². The van der Waals surface area contributed by atoms with E-state index in [0.29, 0.717) is 18.8 Å². The first kappa shape index (κ1) is 19.1. The van der Waals surface area contributed by atoms with E-state index in [-0.39, 0.29) is 23.9 Å². The van der Waals surface area contributed by atoms with Crippen LogP contribution in [-0.2, 0) is 14.3 Å². The summed E-state index contributed by atoms with van der Waals surface area (Å²) in [6.07, 6.45) is 2.31. The normalized spacial score (nSPS) is 16.1. The van der Waals surface area contributed by atoms with Gasteiger partial charge in [0.05, 0.1) is 18.3 Å². The molecule has 3 heterocycles. The van der Waals surface area contributed by atoms with Crippen molar-refractivity contribution in [1.82, 2.24) is 14.8 Å². The summed E-state index contributed by atoms with van der Waals surface area (Å²) in [6, 6.07) is 9.63. The Bertz CT molecular complexity index is 1070. The molecule has 4 rings (SSSR count). The molecule has 2 aromatic heterocycles. The fourth-order valence-corrected chi connectivity index (χ4v) is 3.42. The fourth-order valence-electron chi connectivity index (χ4n) is 3.42. The molecule has 0 bridgehead atoms. The lowest BCUT2D eigenvalue weighted by molar-refractivity contribution is -0.124. The second-order valence-corrected chi connectivity index (χ2v) is 6.84. The quantitative estimate of drug-likeness (QED) is 0.669. The summed E-state index contributed by atoms with van der Waals surface area (Å²) in [5, 5.41) is 8.14. The predicted octanol–water partition coefficient (Wildman–Crippen LogP) is 3.02. The third-order valence-electron chi connectivity index (χ3n) is 4.85. The van der Waals surface area contributed by atoms with Gasteiger partial charge < -0.3 is 14.8 Å². The van der Waals surface area contributed by atoms with Crippen LogP contribution in [-0.4, -0.2) is 46.0 Å². The van der Waals surface area contributed by atoms with Crippen molar-refractivity contribution in [2.75, 3.05) is 18.5 Å². The SMILES string of the molecule is CCOC(=O)c1cnn(-c2cc(C)c3ccccc3n2)c1NC(=O)C1CCCO1. The summed E-state index contributed by atoms with van der Waals surface area (Å²) in [5.74, 6) is -0.142. The van der Waals surface area contributed by atoms with E-state index >= 15 is 0 Å². The van der Waals surface area contributed by atoms with E-state index in [4.69, 9.17) is 9.47 Å². The molecule has 0 radical (unpaired) electrons. The number of benzene rings is 1. The van der Waals surface area contributed by atoms with E-state index in [0.717, 1.165) is 22.9 Å². The molecule has 8 heteroatoms.